The van der Waals surface area contributed by atoms with E-state index in [0.29, 0.717) is 5.78 Å². The van der Waals surface area contributed by atoms with Crippen molar-refractivity contribution in [3.05, 3.63) is 24.7 Å². The Morgan fingerprint density at radius 3 is 3.00 bits per heavy atom. The molecule has 18 heavy (non-hydrogen) atoms. The number of nitrogens with zero attached hydrogens (tertiary/aromatic N) is 3. The average molecular weight is 250 g/mol. The van der Waals surface area contributed by atoms with Gasteiger partial charge in [0.25, 0.3) is 0 Å². The molecule has 0 aliphatic heterocycles. The normalized spacial score (nSPS) is 12.3. The van der Waals surface area contributed by atoms with Crippen molar-refractivity contribution in [3.63, 3.8) is 0 Å². The fourth-order valence-corrected chi connectivity index (χ4v) is 1.49. The number of nitrogens with two attached hydrogens (primary N) is 1. The van der Waals surface area contributed by atoms with E-state index in [4.69, 9.17) is 5.73 Å². The number of carbonyl (C=O) groups is 1. The fourth-order valence-electron chi connectivity index (χ4n) is 1.49. The maximum absolute atomic E-state index is 10.5. The Hall–Kier alpha value is -2.35. The quantitative estimate of drug-likeness (QED) is 0.552. The lowest BCUT2D eigenvalue weighted by Gasteiger charge is -2.13. The van der Waals surface area contributed by atoms with E-state index in [0.717, 1.165) is 5.82 Å². The van der Waals surface area contributed by atoms with Gasteiger partial charge >= 0.3 is 6.03 Å². The van der Waals surface area contributed by atoms with Crippen molar-refractivity contribution >= 4 is 17.6 Å². The van der Waals surface area contributed by atoms with E-state index in [-0.39, 0.29) is 13.1 Å². The number of imidazole rings is 1. The van der Waals surface area contributed by atoms with Gasteiger partial charge in [0, 0.05) is 31.7 Å². The zero-order valence-corrected chi connectivity index (χ0v) is 9.58. The highest BCUT2D eigenvalue weighted by atomic mass is 16.3. The van der Waals surface area contributed by atoms with E-state index in [1.54, 1.807) is 29.1 Å². The van der Waals surface area contributed by atoms with Crippen LogP contribution in [0.2, 0.25) is 0 Å². The van der Waals surface area contributed by atoms with E-state index >= 15 is 0 Å². The highest BCUT2D eigenvalue weighted by Gasteiger charge is 2.06. The molecule has 0 radical (unpaired) electrons. The molecule has 0 saturated heterocycles. The Balaban J connectivity index is 1.93. The van der Waals surface area contributed by atoms with Gasteiger partial charge < -0.3 is 21.5 Å². The van der Waals surface area contributed by atoms with Gasteiger partial charge in [-0.15, -0.1) is 0 Å². The van der Waals surface area contributed by atoms with Crippen LogP contribution in [0.3, 0.4) is 0 Å². The summed E-state index contributed by atoms with van der Waals surface area (Å²) in [6.45, 7) is 0.373. The zero-order chi connectivity index (χ0) is 13.0. The van der Waals surface area contributed by atoms with Crippen molar-refractivity contribution in [2.24, 2.45) is 5.73 Å². The van der Waals surface area contributed by atoms with Crippen LogP contribution in [-0.2, 0) is 0 Å². The first kappa shape index (κ1) is 12.1. The monoisotopic (exact) mass is 250 g/mol. The second-order valence-corrected chi connectivity index (χ2v) is 3.71. The second-order valence-electron chi connectivity index (χ2n) is 3.71. The van der Waals surface area contributed by atoms with Gasteiger partial charge in [-0.05, 0) is 6.07 Å². The molecule has 0 aliphatic carbocycles. The number of urea groups is 1. The second kappa shape index (κ2) is 5.32. The van der Waals surface area contributed by atoms with Crippen molar-refractivity contribution in [3.8, 4) is 0 Å². The van der Waals surface area contributed by atoms with Gasteiger partial charge in [-0.2, -0.15) is 0 Å². The lowest BCUT2D eigenvalue weighted by atomic mass is 10.3. The summed E-state index contributed by atoms with van der Waals surface area (Å²) in [7, 11) is 0. The van der Waals surface area contributed by atoms with Crippen molar-refractivity contribution in [1.82, 2.24) is 19.7 Å². The minimum Gasteiger partial charge on any atom is -0.389 e. The Labute approximate surface area is 103 Å². The van der Waals surface area contributed by atoms with Crippen LogP contribution in [0, 0.1) is 0 Å². The molecule has 2 aromatic heterocycles. The summed E-state index contributed by atoms with van der Waals surface area (Å²) in [5.74, 6) is 1.33. The number of hydrogen-bond acceptors (Lipinski definition) is 5. The number of aliphatic hydroxyl groups excluding tert-OH is 1. The van der Waals surface area contributed by atoms with Crippen molar-refractivity contribution in [2.75, 3.05) is 18.4 Å². The molecule has 0 aliphatic rings. The van der Waals surface area contributed by atoms with Crippen LogP contribution < -0.4 is 16.4 Å². The molecule has 0 saturated carbocycles. The molecule has 2 heterocycles. The molecule has 5 N–H and O–H groups in total. The molecule has 8 heteroatoms. The maximum atomic E-state index is 10.5. The van der Waals surface area contributed by atoms with Crippen LogP contribution in [0.15, 0.2) is 24.7 Å². The topological polar surface area (TPSA) is 118 Å². The third-order valence-corrected chi connectivity index (χ3v) is 2.33. The SMILES string of the molecule is NC(=O)NCC(O)CNc1ccnc2nccn12. The molecule has 0 bridgehead atoms. The first-order chi connectivity index (χ1) is 8.66. The summed E-state index contributed by atoms with van der Waals surface area (Å²) in [5.41, 5.74) is 4.91. The molecule has 0 aromatic carbocycles. The number of primary amides is 1. The van der Waals surface area contributed by atoms with Crippen molar-refractivity contribution < 1.29 is 9.90 Å². The van der Waals surface area contributed by atoms with Crippen LogP contribution >= 0.6 is 0 Å². The van der Waals surface area contributed by atoms with Crippen LogP contribution in [0.5, 0.6) is 0 Å². The number of carbonyl (C=O) groups excluding carboxylic acids is 1. The number of anilines is 1. The predicted molar refractivity (Wildman–Crippen MR) is 65.1 cm³/mol. The van der Waals surface area contributed by atoms with Crippen LogP contribution in [0.1, 0.15) is 0 Å². The van der Waals surface area contributed by atoms with E-state index < -0.39 is 12.1 Å². The Bertz CT molecular complexity index is 540. The zero-order valence-electron chi connectivity index (χ0n) is 9.58. The van der Waals surface area contributed by atoms with E-state index in [1.165, 1.54) is 0 Å². The third kappa shape index (κ3) is 2.86. The minimum absolute atomic E-state index is 0.0977. The van der Waals surface area contributed by atoms with Crippen LogP contribution in [-0.4, -0.2) is 44.7 Å². The van der Waals surface area contributed by atoms with Gasteiger partial charge in [0.05, 0.1) is 6.10 Å². The third-order valence-electron chi connectivity index (χ3n) is 2.33. The number of amides is 2. The van der Waals surface area contributed by atoms with Gasteiger partial charge in [0.2, 0.25) is 5.78 Å². The summed E-state index contributed by atoms with van der Waals surface area (Å²) in [6.07, 6.45) is 4.29. The van der Waals surface area contributed by atoms with Gasteiger partial charge in [0.1, 0.15) is 5.82 Å². The molecular weight excluding hydrogens is 236 g/mol. The number of aromatic nitrogens is 3. The molecule has 1 unspecified atom stereocenters. The smallest absolute Gasteiger partial charge is 0.312 e. The van der Waals surface area contributed by atoms with E-state index in [1.807, 2.05) is 0 Å². The fraction of sp³-hybridized carbons (Fsp3) is 0.300. The van der Waals surface area contributed by atoms with Crippen molar-refractivity contribution in [2.45, 2.75) is 6.10 Å². The number of nitrogens with one attached hydrogen (secondary N) is 2. The summed E-state index contributed by atoms with van der Waals surface area (Å²) >= 11 is 0. The molecule has 96 valence electrons. The summed E-state index contributed by atoms with van der Waals surface area (Å²) in [4.78, 5) is 18.6. The molecule has 8 nitrogen and oxygen atoms in total. The number of hydrogen-bond donors (Lipinski definition) is 4. The maximum Gasteiger partial charge on any atom is 0.312 e. The van der Waals surface area contributed by atoms with Crippen LogP contribution in [0.4, 0.5) is 10.6 Å². The lowest BCUT2D eigenvalue weighted by Crippen LogP contribution is -2.38. The number of rotatable bonds is 5. The van der Waals surface area contributed by atoms with Gasteiger partial charge in [-0.1, -0.05) is 0 Å². The Kier molecular flexibility index (Phi) is 3.58. The molecule has 2 amide bonds. The van der Waals surface area contributed by atoms with Crippen LogP contribution in [0.25, 0.3) is 5.78 Å². The van der Waals surface area contributed by atoms with E-state index in [2.05, 4.69) is 20.6 Å². The molecule has 1 atom stereocenters. The molecule has 2 aromatic rings. The Morgan fingerprint density at radius 1 is 1.44 bits per heavy atom. The minimum atomic E-state index is -0.732. The highest BCUT2D eigenvalue weighted by molar-refractivity contribution is 5.71. The largest absolute Gasteiger partial charge is 0.389 e. The standard InChI is InChI=1S/C10H14N6O2/c11-9(18)15-6-7(17)5-14-8-1-2-12-10-13-3-4-16(8)10/h1-4,7,14,17H,5-6H2,(H3,11,15,18). The number of fused-ring (bicyclic) bond motifs is 1. The summed E-state index contributed by atoms with van der Waals surface area (Å²) in [5, 5.41) is 15.0. The predicted octanol–water partition coefficient (Wildman–Crippen LogP) is -0.830. The first-order valence-corrected chi connectivity index (χ1v) is 5.40. The summed E-state index contributed by atoms with van der Waals surface area (Å²) < 4.78 is 1.76. The first-order valence-electron chi connectivity index (χ1n) is 5.40. The lowest BCUT2D eigenvalue weighted by molar-refractivity contribution is 0.183. The van der Waals surface area contributed by atoms with Crippen molar-refractivity contribution in [1.29, 1.82) is 0 Å². The molecule has 0 fully saturated rings. The van der Waals surface area contributed by atoms with Gasteiger partial charge in [-0.25, -0.2) is 14.8 Å². The highest BCUT2D eigenvalue weighted by Crippen LogP contribution is 2.08. The molecular formula is C10H14N6O2. The van der Waals surface area contributed by atoms with E-state index in [9.17, 15) is 9.90 Å². The Morgan fingerprint density at radius 2 is 2.22 bits per heavy atom. The average Bonchev–Trinajstić information content (AvgIpc) is 2.82. The van der Waals surface area contributed by atoms with Gasteiger partial charge in [0.15, 0.2) is 0 Å². The molecule has 2 rings (SSSR count). The van der Waals surface area contributed by atoms with Gasteiger partial charge in [-0.3, -0.25) is 4.40 Å². The molecule has 0 spiro atoms. The summed E-state index contributed by atoms with van der Waals surface area (Å²) in [6, 6.07) is 1.11. The number of aliphatic hydroxyl groups is 1.